The number of nitrogens with one attached hydrogen (secondary N) is 2. The molecule has 1 aliphatic rings. The van der Waals surface area contributed by atoms with Crippen LogP contribution in [-0.2, 0) is 4.74 Å². The maximum Gasteiger partial charge on any atom is 0.349 e. The molecule has 0 radical (unpaired) electrons. The Kier molecular flexibility index (Phi) is 3.41. The van der Waals surface area contributed by atoms with E-state index >= 15 is 0 Å². The number of hydrogen-bond donors (Lipinski definition) is 2. The number of aryl methyl sites for hydroxylation is 1. The zero-order chi connectivity index (χ0) is 14.1. The molecular weight excluding hydrogens is 260 g/mol. The minimum Gasteiger partial charge on any atom is -0.374 e. The number of morpholine rings is 1. The largest absolute Gasteiger partial charge is 0.374 e. The Morgan fingerprint density at radius 1 is 1.60 bits per heavy atom. The zero-order valence-electron chi connectivity index (χ0n) is 11.6. The van der Waals surface area contributed by atoms with E-state index < -0.39 is 0 Å². The molecule has 0 amide bonds. The number of fused-ring (bicyclic) bond motifs is 1. The van der Waals surface area contributed by atoms with Gasteiger partial charge >= 0.3 is 5.69 Å². The SMILES string of the molecule is Cc1nc(NCC2CN(C)CCO2)cc2n[nH]c(=O)n12. The van der Waals surface area contributed by atoms with Gasteiger partial charge in [0, 0.05) is 25.7 Å². The van der Waals surface area contributed by atoms with Crippen molar-refractivity contribution in [3.63, 3.8) is 0 Å². The van der Waals surface area contributed by atoms with Gasteiger partial charge in [-0.05, 0) is 14.0 Å². The molecule has 8 heteroatoms. The van der Waals surface area contributed by atoms with Crippen molar-refractivity contribution in [2.24, 2.45) is 0 Å². The van der Waals surface area contributed by atoms with Crippen LogP contribution in [0, 0.1) is 6.92 Å². The summed E-state index contributed by atoms with van der Waals surface area (Å²) in [6, 6.07) is 1.75. The van der Waals surface area contributed by atoms with Crippen LogP contribution < -0.4 is 11.0 Å². The fourth-order valence-corrected chi connectivity index (χ4v) is 2.40. The molecule has 0 spiro atoms. The summed E-state index contributed by atoms with van der Waals surface area (Å²) in [4.78, 5) is 18.1. The maximum absolute atomic E-state index is 11.5. The number of anilines is 1. The molecule has 1 fully saturated rings. The highest BCUT2D eigenvalue weighted by atomic mass is 16.5. The van der Waals surface area contributed by atoms with E-state index in [0.29, 0.717) is 23.8 Å². The molecule has 1 aliphatic heterocycles. The Morgan fingerprint density at radius 3 is 3.25 bits per heavy atom. The van der Waals surface area contributed by atoms with Crippen LogP contribution in [0.4, 0.5) is 5.82 Å². The Bertz CT molecular complexity index is 664. The topological polar surface area (TPSA) is 87.5 Å². The third kappa shape index (κ3) is 2.52. The van der Waals surface area contributed by atoms with Crippen molar-refractivity contribution in [1.29, 1.82) is 0 Å². The van der Waals surface area contributed by atoms with Crippen molar-refractivity contribution in [3.05, 3.63) is 22.4 Å². The number of aromatic nitrogens is 4. The molecule has 2 aromatic rings. The molecule has 3 rings (SSSR count). The van der Waals surface area contributed by atoms with Gasteiger partial charge in [-0.25, -0.2) is 19.3 Å². The highest BCUT2D eigenvalue weighted by molar-refractivity contribution is 5.49. The molecule has 8 nitrogen and oxygen atoms in total. The van der Waals surface area contributed by atoms with Gasteiger partial charge in [-0.15, -0.1) is 0 Å². The molecule has 0 aliphatic carbocycles. The third-order valence-corrected chi connectivity index (χ3v) is 3.42. The summed E-state index contributed by atoms with van der Waals surface area (Å²) in [5.74, 6) is 1.30. The first kappa shape index (κ1) is 13.1. The first-order chi connectivity index (χ1) is 9.63. The van der Waals surface area contributed by atoms with Gasteiger partial charge in [0.25, 0.3) is 0 Å². The number of ether oxygens (including phenoxy) is 1. The maximum atomic E-state index is 11.5. The molecule has 0 saturated carbocycles. The minimum absolute atomic E-state index is 0.147. The number of H-pyrrole nitrogens is 1. The Labute approximate surface area is 115 Å². The van der Waals surface area contributed by atoms with Crippen LogP contribution >= 0.6 is 0 Å². The minimum atomic E-state index is -0.270. The van der Waals surface area contributed by atoms with E-state index in [2.05, 4.69) is 32.4 Å². The molecule has 1 unspecified atom stereocenters. The predicted molar refractivity (Wildman–Crippen MR) is 74.1 cm³/mol. The summed E-state index contributed by atoms with van der Waals surface area (Å²) in [6.45, 7) is 5.08. The number of hydrogen-bond acceptors (Lipinski definition) is 6. The second kappa shape index (κ2) is 5.22. The highest BCUT2D eigenvalue weighted by Crippen LogP contribution is 2.09. The number of aromatic amines is 1. The molecule has 0 aromatic carbocycles. The van der Waals surface area contributed by atoms with Gasteiger partial charge in [0.2, 0.25) is 0 Å². The number of likely N-dealkylation sites (N-methyl/N-ethyl adjacent to an activating group) is 1. The van der Waals surface area contributed by atoms with Gasteiger partial charge in [-0.2, -0.15) is 5.10 Å². The molecule has 2 aromatic heterocycles. The molecular formula is C12H18N6O2. The summed E-state index contributed by atoms with van der Waals surface area (Å²) < 4.78 is 7.12. The molecule has 3 heterocycles. The van der Waals surface area contributed by atoms with Crippen molar-refractivity contribution in [2.45, 2.75) is 13.0 Å². The summed E-state index contributed by atoms with van der Waals surface area (Å²) >= 11 is 0. The van der Waals surface area contributed by atoms with Gasteiger partial charge in [-0.1, -0.05) is 0 Å². The van der Waals surface area contributed by atoms with Crippen molar-refractivity contribution >= 4 is 11.5 Å². The quantitative estimate of drug-likeness (QED) is 0.784. The molecule has 108 valence electrons. The number of rotatable bonds is 3. The summed E-state index contributed by atoms with van der Waals surface area (Å²) in [7, 11) is 2.08. The van der Waals surface area contributed by atoms with Gasteiger partial charge in [-0.3, -0.25) is 0 Å². The van der Waals surface area contributed by atoms with Crippen molar-refractivity contribution in [3.8, 4) is 0 Å². The molecule has 2 N–H and O–H groups in total. The van der Waals surface area contributed by atoms with E-state index in [9.17, 15) is 4.79 Å². The molecule has 1 atom stereocenters. The van der Waals surface area contributed by atoms with Gasteiger partial charge < -0.3 is 15.0 Å². The average molecular weight is 278 g/mol. The zero-order valence-corrected chi connectivity index (χ0v) is 11.6. The van der Waals surface area contributed by atoms with Crippen LogP contribution in [0.1, 0.15) is 5.82 Å². The third-order valence-electron chi connectivity index (χ3n) is 3.42. The van der Waals surface area contributed by atoms with E-state index in [-0.39, 0.29) is 11.8 Å². The molecule has 0 bridgehead atoms. The number of nitrogens with zero attached hydrogens (tertiary/aromatic N) is 4. The normalized spacial score (nSPS) is 20.4. The van der Waals surface area contributed by atoms with Crippen LogP contribution in [0.5, 0.6) is 0 Å². The Hall–Kier alpha value is -1.93. The van der Waals surface area contributed by atoms with Crippen LogP contribution in [0.25, 0.3) is 5.65 Å². The van der Waals surface area contributed by atoms with Crippen LogP contribution in [0.15, 0.2) is 10.9 Å². The van der Waals surface area contributed by atoms with Gasteiger partial charge in [0.05, 0.1) is 12.7 Å². The van der Waals surface area contributed by atoms with E-state index in [1.54, 1.807) is 13.0 Å². The lowest BCUT2D eigenvalue weighted by molar-refractivity contribution is -0.0117. The monoisotopic (exact) mass is 278 g/mol. The lowest BCUT2D eigenvalue weighted by Gasteiger charge is -2.30. The Morgan fingerprint density at radius 2 is 2.45 bits per heavy atom. The fourth-order valence-electron chi connectivity index (χ4n) is 2.40. The average Bonchev–Trinajstić information content (AvgIpc) is 2.79. The lowest BCUT2D eigenvalue weighted by atomic mass is 10.3. The summed E-state index contributed by atoms with van der Waals surface area (Å²) in [5, 5.41) is 9.61. The van der Waals surface area contributed by atoms with Crippen molar-refractivity contribution in [1.82, 2.24) is 24.5 Å². The smallest absolute Gasteiger partial charge is 0.349 e. The van der Waals surface area contributed by atoms with Crippen LogP contribution in [0.2, 0.25) is 0 Å². The van der Waals surface area contributed by atoms with Crippen LogP contribution in [0.3, 0.4) is 0 Å². The molecule has 20 heavy (non-hydrogen) atoms. The van der Waals surface area contributed by atoms with Crippen molar-refractivity contribution < 1.29 is 4.74 Å². The van der Waals surface area contributed by atoms with Gasteiger partial charge in [0.1, 0.15) is 11.6 Å². The van der Waals surface area contributed by atoms with E-state index in [4.69, 9.17) is 4.74 Å². The first-order valence-corrected chi connectivity index (χ1v) is 6.62. The highest BCUT2D eigenvalue weighted by Gasteiger charge is 2.17. The van der Waals surface area contributed by atoms with E-state index in [0.717, 1.165) is 19.7 Å². The lowest BCUT2D eigenvalue weighted by Crippen LogP contribution is -2.43. The van der Waals surface area contributed by atoms with E-state index in [1.165, 1.54) is 4.40 Å². The van der Waals surface area contributed by atoms with Crippen LogP contribution in [-0.4, -0.2) is 63.9 Å². The van der Waals surface area contributed by atoms with Gasteiger partial charge in [0.15, 0.2) is 5.65 Å². The fraction of sp³-hybridized carbons (Fsp3) is 0.583. The second-order valence-corrected chi connectivity index (χ2v) is 5.05. The molecule has 1 saturated heterocycles. The Balaban J connectivity index is 1.73. The predicted octanol–water partition coefficient (Wildman–Crippen LogP) is -0.531. The summed E-state index contributed by atoms with van der Waals surface area (Å²) in [5.41, 5.74) is 0.292. The standard InChI is InChI=1S/C12H18N6O2/c1-8-14-10(5-11-15-16-12(19)18(8)11)13-6-9-7-17(2)3-4-20-9/h5,9,13H,3-4,6-7H2,1-2H3,(H,16,19). The first-order valence-electron chi connectivity index (χ1n) is 6.62. The van der Waals surface area contributed by atoms with Crippen molar-refractivity contribution in [2.75, 3.05) is 38.6 Å². The van der Waals surface area contributed by atoms with E-state index in [1.807, 2.05) is 0 Å². The summed E-state index contributed by atoms with van der Waals surface area (Å²) in [6.07, 6.45) is 0.147. The second-order valence-electron chi connectivity index (χ2n) is 5.05.